The number of hydrogen-bond donors (Lipinski definition) is 6. The van der Waals surface area contributed by atoms with Crippen molar-refractivity contribution >= 4 is 40.6 Å². The average molecular weight is 577 g/mol. The quantitative estimate of drug-likeness (QED) is 0.109. The van der Waals surface area contributed by atoms with Crippen LogP contribution in [0.5, 0.6) is 0 Å². The molecule has 0 spiro atoms. The predicted molar refractivity (Wildman–Crippen MR) is 114 cm³/mol. The van der Waals surface area contributed by atoms with Gasteiger partial charge in [-0.1, -0.05) is 0 Å². The Morgan fingerprint density at radius 2 is 2.00 bits per heavy atom. The monoisotopic (exact) mass is 577 g/mol. The number of imidazole rings is 1. The zero-order chi connectivity index (χ0) is 26.7. The summed E-state index contributed by atoms with van der Waals surface area (Å²) >= 11 is 0. The van der Waals surface area contributed by atoms with Crippen LogP contribution in [-0.4, -0.2) is 71.7 Å². The van der Waals surface area contributed by atoms with Gasteiger partial charge in [0.25, 0.3) is 5.56 Å². The van der Waals surface area contributed by atoms with Crippen molar-refractivity contribution in [1.29, 1.82) is 0 Å². The molecule has 24 heteroatoms. The summed E-state index contributed by atoms with van der Waals surface area (Å²) in [4.78, 5) is 61.9. The molecule has 21 nitrogen and oxygen atoms in total. The molecule has 0 amide bonds. The third kappa shape index (κ3) is 7.64. The van der Waals surface area contributed by atoms with Gasteiger partial charge in [-0.2, -0.15) is 13.6 Å². The summed E-state index contributed by atoms with van der Waals surface area (Å²) in [6.45, 7) is -1.09. The first-order valence-corrected chi connectivity index (χ1v) is 13.9. The molecule has 0 aromatic carbocycles. The lowest BCUT2D eigenvalue weighted by Crippen LogP contribution is -2.29. The molecule has 1 fully saturated rings. The van der Waals surface area contributed by atoms with E-state index in [2.05, 4.69) is 43.2 Å². The Bertz CT molecular complexity index is 1370. The van der Waals surface area contributed by atoms with Crippen LogP contribution in [0.25, 0.3) is 11.2 Å². The van der Waals surface area contributed by atoms with Gasteiger partial charge in [0.1, 0.15) is 29.6 Å². The summed E-state index contributed by atoms with van der Waals surface area (Å²) < 4.78 is 59.0. The first kappa shape index (κ1) is 28.4. The van der Waals surface area contributed by atoms with Crippen molar-refractivity contribution in [2.45, 2.75) is 24.9 Å². The van der Waals surface area contributed by atoms with Gasteiger partial charge in [-0.25, -0.2) is 18.7 Å². The van der Waals surface area contributed by atoms with E-state index in [1.807, 2.05) is 0 Å². The Balaban J connectivity index is 1.77. The average Bonchev–Trinajstić information content (AvgIpc) is 3.31. The van der Waals surface area contributed by atoms with Crippen molar-refractivity contribution in [2.24, 2.45) is 10.2 Å². The maximum atomic E-state index is 12.1. The standard InChI is InChI=1S/C12H19N8O13P3/c1-14-19-16-5-29-6-2-8(20-4-15-9-10(20)17-12(13)18-11(9)21)31-7(6)3-30-35(25,26)33-36(27,28)32-34(22,23)24/h4,6-8H,2-3,5H2,1H3,(H6-,13,17,18,21,22,23,24,25,26,27,28)/p+1/t6-,7-,8-/m1/s1. The van der Waals surface area contributed by atoms with E-state index in [0.717, 1.165) is 0 Å². The van der Waals surface area contributed by atoms with E-state index >= 15 is 0 Å². The second-order valence-electron chi connectivity index (χ2n) is 6.79. The van der Waals surface area contributed by atoms with Crippen LogP contribution < -0.4 is 16.2 Å². The number of phosphoric ester groups is 1. The minimum atomic E-state index is -5.70. The Morgan fingerprint density at radius 1 is 1.28 bits per heavy atom. The summed E-state index contributed by atoms with van der Waals surface area (Å²) in [6.07, 6.45) is -1.66. The van der Waals surface area contributed by atoms with Crippen molar-refractivity contribution in [1.82, 2.24) is 24.4 Å². The van der Waals surface area contributed by atoms with Crippen LogP contribution in [0.2, 0.25) is 0 Å². The topological polar surface area (TPSA) is 307 Å². The second-order valence-corrected chi connectivity index (χ2v) is 11.2. The Hall–Kier alpha value is -2.21. The SMILES string of the molecule is CN=[N+]=NCO[C@@H]1C[C@H](n2cnc3c(=O)[nH]c(N)nc32)O[C@@H]1COP(=O)(O)OP(=O)(O)OP(=O)(O)O. The van der Waals surface area contributed by atoms with Gasteiger partial charge in [0.2, 0.25) is 17.6 Å². The fraction of sp³-hybridized carbons (Fsp3) is 0.583. The number of nitrogens with zero attached hydrogens (tertiary/aromatic N) is 6. The number of ether oxygens (including phenoxy) is 2. The van der Waals surface area contributed by atoms with Crippen molar-refractivity contribution in [2.75, 3.05) is 26.1 Å². The number of nitrogen functional groups attached to an aromatic ring is 1. The van der Waals surface area contributed by atoms with E-state index in [9.17, 15) is 28.3 Å². The summed E-state index contributed by atoms with van der Waals surface area (Å²) in [5, 5.41) is 7.00. The van der Waals surface area contributed by atoms with Gasteiger partial charge < -0.3 is 34.8 Å². The van der Waals surface area contributed by atoms with Crippen LogP contribution in [0.3, 0.4) is 0 Å². The fourth-order valence-electron chi connectivity index (χ4n) is 3.04. The van der Waals surface area contributed by atoms with E-state index in [4.69, 9.17) is 25.0 Å². The van der Waals surface area contributed by atoms with Gasteiger partial charge in [0.15, 0.2) is 11.2 Å². The lowest BCUT2D eigenvalue weighted by atomic mass is 10.2. The third-order valence-electron chi connectivity index (χ3n) is 4.26. The highest BCUT2D eigenvalue weighted by molar-refractivity contribution is 7.66. The van der Waals surface area contributed by atoms with Crippen LogP contribution in [0.1, 0.15) is 12.6 Å². The number of aromatic amines is 1. The van der Waals surface area contributed by atoms with Crippen molar-refractivity contribution in [3.05, 3.63) is 16.7 Å². The molecule has 2 unspecified atom stereocenters. The number of phosphoric acid groups is 3. The summed E-state index contributed by atoms with van der Waals surface area (Å²) in [6, 6.07) is 0. The number of nitrogens with one attached hydrogen (secondary N) is 1. The van der Waals surface area contributed by atoms with Gasteiger partial charge >= 0.3 is 23.5 Å². The number of rotatable bonds is 11. The Kier molecular flexibility index (Phi) is 8.70. The number of fused-ring (bicyclic) bond motifs is 1. The maximum absolute atomic E-state index is 12.1. The van der Waals surface area contributed by atoms with E-state index in [1.54, 1.807) is 0 Å². The highest BCUT2D eigenvalue weighted by Crippen LogP contribution is 2.66. The third-order valence-corrected chi connectivity index (χ3v) is 8.06. The molecule has 0 saturated carbocycles. The van der Waals surface area contributed by atoms with E-state index in [-0.39, 0.29) is 30.3 Å². The molecule has 5 atom stereocenters. The van der Waals surface area contributed by atoms with Crippen molar-refractivity contribution < 1.29 is 55.9 Å². The molecule has 0 bridgehead atoms. The minimum absolute atomic E-state index is 0.0414. The normalized spacial score (nSPS) is 23.6. The smallest absolute Gasteiger partial charge is 0.369 e. The molecule has 2 aromatic heterocycles. The van der Waals surface area contributed by atoms with Gasteiger partial charge in [0.05, 0.1) is 19.0 Å². The summed E-state index contributed by atoms with van der Waals surface area (Å²) in [5.74, 6) is -0.187. The first-order chi connectivity index (χ1) is 16.7. The van der Waals surface area contributed by atoms with Gasteiger partial charge in [-0.05, 0) is 0 Å². The fourth-order valence-corrected chi connectivity index (χ4v) is 6.07. The number of H-pyrrole nitrogens is 1. The zero-order valence-corrected chi connectivity index (χ0v) is 20.7. The zero-order valence-electron chi connectivity index (χ0n) is 18.0. The van der Waals surface area contributed by atoms with E-state index in [1.165, 1.54) is 17.9 Å². The summed E-state index contributed by atoms with van der Waals surface area (Å²) in [5.41, 5.74) is 5.01. The molecule has 3 heterocycles. The van der Waals surface area contributed by atoms with Crippen LogP contribution in [-0.2, 0) is 36.3 Å². The Morgan fingerprint density at radius 3 is 2.67 bits per heavy atom. The number of aromatic nitrogens is 4. The molecular formula is C12H20N8O13P3+. The van der Waals surface area contributed by atoms with Gasteiger partial charge in [0, 0.05) is 6.42 Å². The lowest BCUT2D eigenvalue weighted by Gasteiger charge is -2.20. The molecule has 200 valence electrons. The largest absolute Gasteiger partial charge is 0.490 e. The number of anilines is 1. The summed E-state index contributed by atoms with van der Waals surface area (Å²) in [7, 11) is -15.3. The molecule has 7 N–H and O–H groups in total. The van der Waals surface area contributed by atoms with Crippen molar-refractivity contribution in [3.63, 3.8) is 0 Å². The molecule has 3 rings (SSSR count). The molecular weight excluding hydrogens is 557 g/mol. The predicted octanol–water partition coefficient (Wildman–Crippen LogP) is -0.723. The van der Waals surface area contributed by atoms with E-state index in [0.29, 0.717) is 0 Å². The van der Waals surface area contributed by atoms with Gasteiger partial charge in [-0.3, -0.25) is 18.9 Å². The van der Waals surface area contributed by atoms with Crippen LogP contribution in [0, 0.1) is 0 Å². The van der Waals surface area contributed by atoms with Crippen LogP contribution in [0.4, 0.5) is 5.95 Å². The van der Waals surface area contributed by atoms with E-state index < -0.39 is 54.1 Å². The van der Waals surface area contributed by atoms with Crippen LogP contribution in [0.15, 0.2) is 21.4 Å². The maximum Gasteiger partial charge on any atom is 0.490 e. The molecule has 2 aromatic rings. The second kappa shape index (κ2) is 11.0. The minimum Gasteiger partial charge on any atom is -0.369 e. The highest BCUT2D eigenvalue weighted by Gasteiger charge is 2.43. The van der Waals surface area contributed by atoms with Crippen molar-refractivity contribution in [3.8, 4) is 0 Å². The molecule has 0 radical (unpaired) electrons. The molecule has 36 heavy (non-hydrogen) atoms. The number of hydrogen-bond acceptors (Lipinski definition) is 14. The highest BCUT2D eigenvalue weighted by atomic mass is 31.3. The van der Waals surface area contributed by atoms with Gasteiger partial charge in [-0.15, -0.1) is 0 Å². The Labute approximate surface area is 199 Å². The molecule has 1 aliphatic rings. The molecule has 1 saturated heterocycles. The lowest BCUT2D eigenvalue weighted by molar-refractivity contribution is -0.0588. The molecule has 0 aliphatic carbocycles. The van der Waals surface area contributed by atoms with Crippen LogP contribution >= 0.6 is 23.5 Å². The first-order valence-electron chi connectivity index (χ1n) is 9.43. The number of nitrogens with two attached hydrogens (primary N) is 1. The molecule has 1 aliphatic heterocycles.